The number of hydrogen-bond acceptors (Lipinski definition) is 18. The normalized spacial score (nSPS) is 34.3. The zero-order valence-corrected chi connectivity index (χ0v) is 38.5. The number of allylic oxidation sites excluding steroid dienone is 3. The second-order valence-electron chi connectivity index (χ2n) is 17.5. The van der Waals surface area contributed by atoms with E-state index >= 15 is 0 Å². The Morgan fingerprint density at radius 1 is 0.538 bits per heavy atom. The van der Waals surface area contributed by atoms with Crippen LogP contribution >= 0.6 is 0 Å². The van der Waals surface area contributed by atoms with Gasteiger partial charge in [-0.25, -0.2) is 0 Å². The van der Waals surface area contributed by atoms with Gasteiger partial charge in [0.05, 0.1) is 38.6 Å². The Bertz CT molecular complexity index is 1310. The van der Waals surface area contributed by atoms with E-state index in [2.05, 4.69) is 24.4 Å². The minimum atomic E-state index is -1.97. The highest BCUT2D eigenvalue weighted by atomic mass is 16.8. The molecule has 0 aromatic rings. The molecule has 0 aromatic heterocycles. The predicted molar refractivity (Wildman–Crippen MR) is 236 cm³/mol. The molecule has 0 saturated carbocycles. The van der Waals surface area contributed by atoms with E-state index in [1.54, 1.807) is 19.1 Å². The molecule has 380 valence electrons. The molecule has 3 aliphatic heterocycles. The van der Waals surface area contributed by atoms with Gasteiger partial charge in [0, 0.05) is 6.42 Å². The van der Waals surface area contributed by atoms with Crippen LogP contribution in [0.3, 0.4) is 0 Å². The third kappa shape index (κ3) is 18.9. The van der Waals surface area contributed by atoms with Crippen LogP contribution in [0.4, 0.5) is 0 Å². The van der Waals surface area contributed by atoms with Crippen molar-refractivity contribution in [3.8, 4) is 0 Å². The summed E-state index contributed by atoms with van der Waals surface area (Å²) < 4.78 is 33.7. The third-order valence-electron chi connectivity index (χ3n) is 12.3. The molecule has 3 heterocycles. The van der Waals surface area contributed by atoms with Gasteiger partial charge in [0.2, 0.25) is 5.91 Å². The monoisotopic (exact) mass is 938 g/mol. The molecular formula is C46H83NO18. The molecule has 1 amide bonds. The summed E-state index contributed by atoms with van der Waals surface area (Å²) in [5.41, 5.74) is 0. The van der Waals surface area contributed by atoms with Crippen molar-refractivity contribution in [2.45, 2.75) is 234 Å². The van der Waals surface area contributed by atoms with Crippen LogP contribution in [0, 0.1) is 0 Å². The molecule has 17 atom stereocenters. The summed E-state index contributed by atoms with van der Waals surface area (Å²) in [6, 6.07) is -0.982. The zero-order chi connectivity index (χ0) is 47.7. The van der Waals surface area contributed by atoms with Crippen LogP contribution in [0.25, 0.3) is 0 Å². The van der Waals surface area contributed by atoms with E-state index in [0.29, 0.717) is 6.42 Å². The Morgan fingerprint density at radius 3 is 1.48 bits per heavy atom. The summed E-state index contributed by atoms with van der Waals surface area (Å²) in [6.45, 7) is 1.09. The lowest BCUT2D eigenvalue weighted by Crippen LogP contribution is -2.66. The van der Waals surface area contributed by atoms with Crippen LogP contribution < -0.4 is 5.32 Å². The van der Waals surface area contributed by atoms with Crippen LogP contribution in [-0.2, 0) is 33.2 Å². The first-order valence-electron chi connectivity index (χ1n) is 24.1. The molecular weight excluding hydrogens is 854 g/mol. The third-order valence-corrected chi connectivity index (χ3v) is 12.3. The van der Waals surface area contributed by atoms with Crippen molar-refractivity contribution in [2.75, 3.05) is 26.4 Å². The van der Waals surface area contributed by atoms with Crippen molar-refractivity contribution in [2.24, 2.45) is 0 Å². The van der Waals surface area contributed by atoms with Gasteiger partial charge >= 0.3 is 0 Å². The number of nitrogens with one attached hydrogen (secondary N) is 1. The molecule has 12 N–H and O–H groups in total. The van der Waals surface area contributed by atoms with Crippen LogP contribution in [0.5, 0.6) is 0 Å². The smallest absolute Gasteiger partial charge is 0.220 e. The molecule has 0 aromatic carbocycles. The van der Waals surface area contributed by atoms with Crippen molar-refractivity contribution in [3.63, 3.8) is 0 Å². The van der Waals surface area contributed by atoms with Gasteiger partial charge in [0.15, 0.2) is 18.9 Å². The molecule has 17 unspecified atom stereocenters. The Balaban J connectivity index is 1.43. The van der Waals surface area contributed by atoms with Gasteiger partial charge in [-0.1, -0.05) is 122 Å². The van der Waals surface area contributed by atoms with Crippen LogP contribution in [0.1, 0.15) is 129 Å². The molecule has 3 aliphatic rings. The van der Waals surface area contributed by atoms with Crippen molar-refractivity contribution in [3.05, 3.63) is 24.3 Å². The number of rotatable bonds is 32. The standard InChI is InChI=1S/C46H83NO18/c1-3-5-6-7-8-9-10-11-12-13-14-15-16-17-18-19-20-21-22-23-24-30(51)29(47-34(52)4-2)28-60-44-40(58)37(55)42(32(26-49)62-44)65-46-41(59)38(56)43(33(27-50)63-46)64-45-39(57)36(54)35(53)31(25-48)61-45/h19-20,23-24,29-33,35-46,48-51,53-59H,3-18,21-22,25-28H2,1-2H3,(H,47,52)/b20-19+,24-23+. The fraction of sp³-hybridized carbons (Fsp3) is 0.891. The summed E-state index contributed by atoms with van der Waals surface area (Å²) in [5, 5.41) is 118. The second-order valence-corrected chi connectivity index (χ2v) is 17.5. The number of hydrogen-bond donors (Lipinski definition) is 12. The predicted octanol–water partition coefficient (Wildman–Crippen LogP) is 0.471. The maximum Gasteiger partial charge on any atom is 0.220 e. The highest BCUT2D eigenvalue weighted by molar-refractivity contribution is 5.75. The van der Waals surface area contributed by atoms with Gasteiger partial charge in [-0.2, -0.15) is 0 Å². The first-order chi connectivity index (χ1) is 31.3. The molecule has 3 fully saturated rings. The largest absolute Gasteiger partial charge is 0.394 e. The lowest BCUT2D eigenvalue weighted by atomic mass is 9.96. The SMILES string of the molecule is CCCCCCCCCCCCCCCC/C=C/CC/C=C/C(O)C(COC1OC(CO)C(OC2OC(CO)C(OC3OC(CO)C(O)C(O)C3O)C(O)C2O)C(O)C1O)NC(=O)CC. The lowest BCUT2D eigenvalue weighted by Gasteiger charge is -2.48. The molecule has 19 nitrogen and oxygen atoms in total. The second kappa shape index (κ2) is 32.2. The van der Waals surface area contributed by atoms with Gasteiger partial charge in [0.25, 0.3) is 0 Å². The van der Waals surface area contributed by atoms with E-state index < -0.39 is 124 Å². The van der Waals surface area contributed by atoms with Crippen molar-refractivity contribution in [1.29, 1.82) is 0 Å². The van der Waals surface area contributed by atoms with Gasteiger partial charge < -0.3 is 89.9 Å². The van der Waals surface area contributed by atoms with Crippen molar-refractivity contribution >= 4 is 5.91 Å². The highest BCUT2D eigenvalue weighted by Crippen LogP contribution is 2.33. The average Bonchev–Trinajstić information content (AvgIpc) is 3.30. The number of unbranched alkanes of at least 4 members (excludes halogenated alkanes) is 15. The van der Waals surface area contributed by atoms with E-state index in [0.717, 1.165) is 19.3 Å². The lowest BCUT2D eigenvalue weighted by molar-refractivity contribution is -0.379. The summed E-state index contributed by atoms with van der Waals surface area (Å²) in [5.74, 6) is -0.375. The van der Waals surface area contributed by atoms with E-state index in [9.17, 15) is 61.0 Å². The fourth-order valence-corrected chi connectivity index (χ4v) is 8.17. The van der Waals surface area contributed by atoms with Crippen LogP contribution in [0.15, 0.2) is 24.3 Å². The molecule has 0 aliphatic carbocycles. The van der Waals surface area contributed by atoms with Crippen LogP contribution in [0.2, 0.25) is 0 Å². The van der Waals surface area contributed by atoms with Gasteiger partial charge in [-0.3, -0.25) is 4.79 Å². The van der Waals surface area contributed by atoms with E-state index in [1.165, 1.54) is 83.5 Å². The minimum absolute atomic E-state index is 0.117. The Labute approximate surface area is 384 Å². The van der Waals surface area contributed by atoms with Crippen LogP contribution in [-0.4, -0.2) is 193 Å². The maximum atomic E-state index is 12.4. The molecule has 3 saturated heterocycles. The first-order valence-corrected chi connectivity index (χ1v) is 24.1. The number of ether oxygens (including phenoxy) is 6. The van der Waals surface area contributed by atoms with Crippen molar-refractivity contribution < 1.29 is 89.4 Å². The molecule has 65 heavy (non-hydrogen) atoms. The minimum Gasteiger partial charge on any atom is -0.394 e. The van der Waals surface area contributed by atoms with Crippen molar-refractivity contribution in [1.82, 2.24) is 5.32 Å². The van der Waals surface area contributed by atoms with Gasteiger partial charge in [-0.15, -0.1) is 0 Å². The summed E-state index contributed by atoms with van der Waals surface area (Å²) in [4.78, 5) is 12.4. The Morgan fingerprint density at radius 2 is 0.969 bits per heavy atom. The molecule has 19 heteroatoms. The zero-order valence-electron chi connectivity index (χ0n) is 38.5. The molecule has 0 radical (unpaired) electrons. The molecule has 0 spiro atoms. The Hall–Kier alpha value is -1.73. The quantitative estimate of drug-likeness (QED) is 0.0322. The van der Waals surface area contributed by atoms with E-state index in [1.807, 2.05) is 0 Å². The highest BCUT2D eigenvalue weighted by Gasteiger charge is 2.53. The average molecular weight is 938 g/mol. The topological polar surface area (TPSA) is 307 Å². The summed E-state index contributed by atoms with van der Waals surface area (Å²) in [7, 11) is 0. The van der Waals surface area contributed by atoms with Gasteiger partial charge in [-0.05, 0) is 25.7 Å². The van der Waals surface area contributed by atoms with E-state index in [4.69, 9.17) is 28.4 Å². The number of aliphatic hydroxyl groups is 11. The Kier molecular flexibility index (Phi) is 28.5. The summed E-state index contributed by atoms with van der Waals surface area (Å²) in [6.07, 6.45) is 1.94. The number of amides is 1. The number of carbonyl (C=O) groups is 1. The van der Waals surface area contributed by atoms with E-state index in [-0.39, 0.29) is 18.9 Å². The van der Waals surface area contributed by atoms with Gasteiger partial charge in [0.1, 0.15) is 73.2 Å². The maximum absolute atomic E-state index is 12.4. The fourth-order valence-electron chi connectivity index (χ4n) is 8.17. The molecule has 0 bridgehead atoms. The first kappa shape index (κ1) is 57.6. The summed E-state index contributed by atoms with van der Waals surface area (Å²) >= 11 is 0. The molecule has 3 rings (SSSR count). The number of aliphatic hydroxyl groups excluding tert-OH is 11. The number of carbonyl (C=O) groups excluding carboxylic acids is 1.